The van der Waals surface area contributed by atoms with Crippen LogP contribution < -0.4 is 5.32 Å². The molecule has 0 amide bonds. The largest absolute Gasteiger partial charge is 0.383 e. The highest BCUT2D eigenvalue weighted by Gasteiger charge is 2.19. The van der Waals surface area contributed by atoms with E-state index in [-0.39, 0.29) is 0 Å². The Morgan fingerprint density at radius 2 is 2.25 bits per heavy atom. The van der Waals surface area contributed by atoms with E-state index >= 15 is 0 Å². The number of hydrogen-bond acceptors (Lipinski definition) is 4. The monoisotopic (exact) mass is 347 g/mol. The minimum absolute atomic E-state index is 0.665. The fourth-order valence-electron chi connectivity index (χ4n) is 3.45. The standard InChI is InChI=1S/C19H26ClN3O/c1-14-10-19(22-18-6-5-16(20)11-17(14)18)21-12-15-4-3-7-23(13-15)8-9-24-2/h5-6,10-11,15H,3-4,7-9,12-13H2,1-2H3,(H,21,22). The number of nitrogens with one attached hydrogen (secondary N) is 1. The molecule has 1 saturated heterocycles. The Labute approximate surface area is 149 Å². The van der Waals surface area contributed by atoms with Crippen LogP contribution in [0.2, 0.25) is 5.02 Å². The van der Waals surface area contributed by atoms with Gasteiger partial charge in [-0.3, -0.25) is 0 Å². The second-order valence-electron chi connectivity index (χ2n) is 6.67. The van der Waals surface area contributed by atoms with Crippen molar-refractivity contribution in [1.82, 2.24) is 9.88 Å². The molecular formula is C19H26ClN3O. The quantitative estimate of drug-likeness (QED) is 0.858. The molecule has 0 saturated carbocycles. The summed E-state index contributed by atoms with van der Waals surface area (Å²) in [5.41, 5.74) is 2.20. The lowest BCUT2D eigenvalue weighted by Gasteiger charge is -2.32. The zero-order chi connectivity index (χ0) is 16.9. The number of aryl methyl sites for hydroxylation is 1. The van der Waals surface area contributed by atoms with Crippen molar-refractivity contribution in [2.75, 3.05) is 45.2 Å². The Balaban J connectivity index is 1.62. The number of benzene rings is 1. The van der Waals surface area contributed by atoms with Crippen molar-refractivity contribution in [3.63, 3.8) is 0 Å². The number of aromatic nitrogens is 1. The number of anilines is 1. The number of methoxy groups -OCH3 is 1. The van der Waals surface area contributed by atoms with E-state index in [1.165, 1.54) is 24.9 Å². The number of fused-ring (bicyclic) bond motifs is 1. The number of rotatable bonds is 6. The Kier molecular flexibility index (Phi) is 5.93. The van der Waals surface area contributed by atoms with Crippen LogP contribution in [0.25, 0.3) is 10.9 Å². The molecular weight excluding hydrogens is 322 g/mol. The number of piperidine rings is 1. The second kappa shape index (κ2) is 8.15. The summed E-state index contributed by atoms with van der Waals surface area (Å²) in [6, 6.07) is 7.99. The third-order valence-corrected chi connectivity index (χ3v) is 5.00. The van der Waals surface area contributed by atoms with E-state index < -0.39 is 0 Å². The number of ether oxygens (including phenoxy) is 1. The van der Waals surface area contributed by atoms with Crippen molar-refractivity contribution in [2.24, 2.45) is 5.92 Å². The molecule has 0 spiro atoms. The van der Waals surface area contributed by atoms with Gasteiger partial charge in [0.2, 0.25) is 0 Å². The molecule has 1 unspecified atom stereocenters. The third kappa shape index (κ3) is 4.38. The van der Waals surface area contributed by atoms with Crippen molar-refractivity contribution in [3.8, 4) is 0 Å². The molecule has 3 rings (SSSR count). The molecule has 0 radical (unpaired) electrons. The molecule has 0 aliphatic carbocycles. The molecule has 1 aliphatic rings. The summed E-state index contributed by atoms with van der Waals surface area (Å²) in [6.45, 7) is 7.25. The molecule has 2 heterocycles. The van der Waals surface area contributed by atoms with Crippen LogP contribution in [0.1, 0.15) is 18.4 Å². The zero-order valence-corrected chi connectivity index (χ0v) is 15.3. The topological polar surface area (TPSA) is 37.4 Å². The summed E-state index contributed by atoms with van der Waals surface area (Å²) in [7, 11) is 1.77. The average Bonchev–Trinajstić information content (AvgIpc) is 2.59. The molecule has 4 nitrogen and oxygen atoms in total. The van der Waals surface area contributed by atoms with Crippen LogP contribution in [0, 0.1) is 12.8 Å². The summed E-state index contributed by atoms with van der Waals surface area (Å²) in [6.07, 6.45) is 2.54. The van der Waals surface area contributed by atoms with Gasteiger partial charge in [-0.1, -0.05) is 11.6 Å². The van der Waals surface area contributed by atoms with Gasteiger partial charge in [-0.15, -0.1) is 0 Å². The van der Waals surface area contributed by atoms with Gasteiger partial charge < -0.3 is 15.0 Å². The van der Waals surface area contributed by atoms with Gasteiger partial charge in [0.1, 0.15) is 5.82 Å². The summed E-state index contributed by atoms with van der Waals surface area (Å²) < 4.78 is 5.19. The first kappa shape index (κ1) is 17.5. The first-order valence-electron chi connectivity index (χ1n) is 8.68. The van der Waals surface area contributed by atoms with Gasteiger partial charge in [-0.25, -0.2) is 4.98 Å². The number of halogens is 1. The Morgan fingerprint density at radius 3 is 3.08 bits per heavy atom. The summed E-state index contributed by atoms with van der Waals surface area (Å²) in [5.74, 6) is 1.62. The third-order valence-electron chi connectivity index (χ3n) is 4.76. The molecule has 1 atom stereocenters. The highest BCUT2D eigenvalue weighted by atomic mass is 35.5. The summed E-state index contributed by atoms with van der Waals surface area (Å²) >= 11 is 6.09. The summed E-state index contributed by atoms with van der Waals surface area (Å²) in [5, 5.41) is 5.41. The van der Waals surface area contributed by atoms with Crippen molar-refractivity contribution in [2.45, 2.75) is 19.8 Å². The van der Waals surface area contributed by atoms with E-state index in [2.05, 4.69) is 23.2 Å². The molecule has 2 aromatic rings. The molecule has 24 heavy (non-hydrogen) atoms. The molecule has 5 heteroatoms. The van der Waals surface area contributed by atoms with E-state index in [0.29, 0.717) is 5.92 Å². The molecule has 1 aromatic carbocycles. The molecule has 1 aromatic heterocycles. The highest BCUT2D eigenvalue weighted by molar-refractivity contribution is 6.31. The maximum atomic E-state index is 6.09. The first-order chi connectivity index (χ1) is 11.7. The van der Waals surface area contributed by atoms with Crippen LogP contribution in [-0.4, -0.2) is 49.8 Å². The Hall–Kier alpha value is -1.36. The van der Waals surface area contributed by atoms with E-state index in [0.717, 1.165) is 48.0 Å². The van der Waals surface area contributed by atoms with Gasteiger partial charge in [-0.2, -0.15) is 0 Å². The number of hydrogen-bond donors (Lipinski definition) is 1. The fraction of sp³-hybridized carbons (Fsp3) is 0.526. The SMILES string of the molecule is COCCN1CCCC(CNc2cc(C)c3cc(Cl)ccc3n2)C1. The lowest BCUT2D eigenvalue weighted by Crippen LogP contribution is -2.39. The van der Waals surface area contributed by atoms with Crippen molar-refractivity contribution in [1.29, 1.82) is 0 Å². The van der Waals surface area contributed by atoms with E-state index in [1.54, 1.807) is 7.11 Å². The maximum absolute atomic E-state index is 6.09. The zero-order valence-electron chi connectivity index (χ0n) is 14.5. The van der Waals surface area contributed by atoms with Gasteiger partial charge >= 0.3 is 0 Å². The molecule has 1 aliphatic heterocycles. The predicted molar refractivity (Wildman–Crippen MR) is 101 cm³/mol. The Bertz CT molecular complexity index is 692. The van der Waals surface area contributed by atoms with E-state index in [4.69, 9.17) is 21.3 Å². The number of nitrogens with zero attached hydrogens (tertiary/aromatic N) is 2. The molecule has 1 fully saturated rings. The van der Waals surface area contributed by atoms with Crippen LogP contribution in [0.4, 0.5) is 5.82 Å². The predicted octanol–water partition coefficient (Wildman–Crippen LogP) is 3.97. The fourth-order valence-corrected chi connectivity index (χ4v) is 3.62. The first-order valence-corrected chi connectivity index (χ1v) is 9.05. The van der Waals surface area contributed by atoms with E-state index in [1.807, 2.05) is 18.2 Å². The Morgan fingerprint density at radius 1 is 1.38 bits per heavy atom. The minimum Gasteiger partial charge on any atom is -0.383 e. The van der Waals surface area contributed by atoms with Crippen LogP contribution in [0.3, 0.4) is 0 Å². The lowest BCUT2D eigenvalue weighted by atomic mass is 9.98. The smallest absolute Gasteiger partial charge is 0.126 e. The van der Waals surface area contributed by atoms with Gasteiger partial charge in [0.25, 0.3) is 0 Å². The number of pyridine rings is 1. The summed E-state index contributed by atoms with van der Waals surface area (Å²) in [4.78, 5) is 7.23. The van der Waals surface area contributed by atoms with Crippen LogP contribution in [0.15, 0.2) is 24.3 Å². The van der Waals surface area contributed by atoms with E-state index in [9.17, 15) is 0 Å². The minimum atomic E-state index is 0.665. The highest BCUT2D eigenvalue weighted by Crippen LogP contribution is 2.24. The van der Waals surface area contributed by atoms with Crippen LogP contribution in [-0.2, 0) is 4.74 Å². The molecule has 0 bridgehead atoms. The van der Waals surface area contributed by atoms with Gasteiger partial charge in [0.05, 0.1) is 12.1 Å². The number of likely N-dealkylation sites (tertiary alicyclic amines) is 1. The average molecular weight is 348 g/mol. The molecule has 130 valence electrons. The van der Waals surface area contributed by atoms with Crippen molar-refractivity contribution >= 4 is 28.3 Å². The van der Waals surface area contributed by atoms with Gasteiger partial charge in [-0.05, 0) is 62.1 Å². The van der Waals surface area contributed by atoms with Crippen LogP contribution in [0.5, 0.6) is 0 Å². The second-order valence-corrected chi connectivity index (χ2v) is 7.10. The lowest BCUT2D eigenvalue weighted by molar-refractivity contribution is 0.117. The van der Waals surface area contributed by atoms with Crippen molar-refractivity contribution in [3.05, 3.63) is 34.9 Å². The van der Waals surface area contributed by atoms with Crippen molar-refractivity contribution < 1.29 is 4.74 Å². The van der Waals surface area contributed by atoms with Gasteiger partial charge in [0.15, 0.2) is 0 Å². The normalized spacial score (nSPS) is 18.9. The van der Waals surface area contributed by atoms with Gasteiger partial charge in [0, 0.05) is 37.2 Å². The molecule has 1 N–H and O–H groups in total. The maximum Gasteiger partial charge on any atom is 0.126 e. The van der Waals surface area contributed by atoms with Crippen LogP contribution >= 0.6 is 11.6 Å².